The van der Waals surface area contributed by atoms with E-state index in [-0.39, 0.29) is 0 Å². The number of rotatable bonds is 8. The summed E-state index contributed by atoms with van der Waals surface area (Å²) in [6, 6.07) is 0. The van der Waals surface area contributed by atoms with Gasteiger partial charge in [0.25, 0.3) is 0 Å². The second kappa shape index (κ2) is 7.78. The van der Waals surface area contributed by atoms with Gasteiger partial charge in [0.15, 0.2) is 0 Å². The fourth-order valence-corrected chi connectivity index (χ4v) is 4.11. The molecule has 0 aliphatic heterocycles. The molecule has 0 unspecified atom stereocenters. The van der Waals surface area contributed by atoms with Crippen molar-refractivity contribution >= 4 is 10.0 Å². The number of hydrogen-bond acceptors (Lipinski definition) is 2. The van der Waals surface area contributed by atoms with Gasteiger partial charge in [-0.05, 0) is 65.7 Å². The molecule has 0 saturated heterocycles. The molecule has 0 spiro atoms. The fourth-order valence-electron chi connectivity index (χ4n) is 2.96. The normalized spacial score (nSPS) is 23.2. The lowest BCUT2D eigenvalue weighted by Gasteiger charge is -2.41. The van der Waals surface area contributed by atoms with Gasteiger partial charge in [-0.2, -0.15) is 0 Å². The smallest absolute Gasteiger partial charge is 0.212 e. The summed E-state index contributed by atoms with van der Waals surface area (Å²) in [5.41, 5.74) is 0.878. The van der Waals surface area contributed by atoms with E-state index in [1.165, 1.54) is 5.57 Å². The van der Waals surface area contributed by atoms with Crippen LogP contribution in [-0.4, -0.2) is 18.7 Å². The number of sulfonamides is 1. The predicted octanol–water partition coefficient (Wildman–Crippen LogP) is 4.71. The summed E-state index contributed by atoms with van der Waals surface area (Å²) < 4.78 is 27.8. The quantitative estimate of drug-likeness (QED) is 0.656. The van der Waals surface area contributed by atoms with Gasteiger partial charge in [0.2, 0.25) is 10.0 Å². The van der Waals surface area contributed by atoms with Gasteiger partial charge < -0.3 is 0 Å². The topological polar surface area (TPSA) is 46.2 Å². The second-order valence-corrected chi connectivity index (χ2v) is 9.79. The monoisotopic (exact) mass is 327 g/mol. The largest absolute Gasteiger partial charge is 0.217 e. The zero-order valence-corrected chi connectivity index (χ0v) is 15.6. The van der Waals surface area contributed by atoms with Gasteiger partial charge in [0.1, 0.15) is 0 Å². The molecule has 128 valence electrons. The van der Waals surface area contributed by atoms with Crippen molar-refractivity contribution in [1.29, 1.82) is 0 Å². The molecule has 3 nitrogen and oxygen atoms in total. The van der Waals surface area contributed by atoms with Crippen molar-refractivity contribution in [2.45, 2.75) is 89.3 Å². The molecule has 0 fully saturated rings. The van der Waals surface area contributed by atoms with Gasteiger partial charge in [-0.25, -0.2) is 13.1 Å². The average Bonchev–Trinajstić information content (AvgIpc) is 2.42. The molecule has 0 saturated carbocycles. The second-order valence-electron chi connectivity index (χ2n) is 7.35. The van der Waals surface area contributed by atoms with E-state index in [1.807, 2.05) is 6.08 Å². The summed E-state index contributed by atoms with van der Waals surface area (Å²) >= 11 is 0. The highest BCUT2D eigenvalue weighted by Crippen LogP contribution is 2.38. The summed E-state index contributed by atoms with van der Waals surface area (Å²) in [7, 11) is -3.37. The first-order valence-corrected chi connectivity index (χ1v) is 10.0. The first-order chi connectivity index (χ1) is 10.2. The van der Waals surface area contributed by atoms with Crippen LogP contribution in [0.15, 0.2) is 24.3 Å². The molecular formula is C18H33NO2S. The molecule has 0 heterocycles. The van der Waals surface area contributed by atoms with Crippen molar-refractivity contribution in [3.63, 3.8) is 0 Å². The zero-order valence-electron chi connectivity index (χ0n) is 14.7. The van der Waals surface area contributed by atoms with E-state index < -0.39 is 20.3 Å². The zero-order chi connectivity index (χ0) is 16.9. The minimum absolute atomic E-state index is 0.409. The first kappa shape index (κ1) is 19.4. The average molecular weight is 328 g/mol. The summed E-state index contributed by atoms with van der Waals surface area (Å²) in [6.07, 6.45) is 12.0. The molecule has 1 N–H and O–H groups in total. The van der Waals surface area contributed by atoms with Crippen molar-refractivity contribution in [1.82, 2.24) is 4.72 Å². The summed E-state index contributed by atoms with van der Waals surface area (Å²) in [6.45, 7) is 11.3. The SMILES string of the molecule is C=CCC[C@]1(NS(=O)(=O)C(C)(C)C)CCCC=C1CCCC. The van der Waals surface area contributed by atoms with Crippen molar-refractivity contribution in [3.05, 3.63) is 24.3 Å². The van der Waals surface area contributed by atoms with Crippen molar-refractivity contribution in [3.8, 4) is 0 Å². The molecule has 0 aromatic rings. The van der Waals surface area contributed by atoms with E-state index in [9.17, 15) is 8.42 Å². The highest BCUT2D eigenvalue weighted by Gasteiger charge is 2.41. The Labute approximate surface area is 137 Å². The number of unbranched alkanes of at least 4 members (excludes halogenated alkanes) is 1. The van der Waals surface area contributed by atoms with Crippen LogP contribution in [0.2, 0.25) is 0 Å². The van der Waals surface area contributed by atoms with E-state index in [4.69, 9.17) is 0 Å². The fraction of sp³-hybridized carbons (Fsp3) is 0.778. The summed E-state index contributed by atoms with van der Waals surface area (Å²) in [5.74, 6) is 0. The Kier molecular flexibility index (Phi) is 6.87. The maximum Gasteiger partial charge on any atom is 0.217 e. The van der Waals surface area contributed by atoms with Crippen molar-refractivity contribution < 1.29 is 8.42 Å². The van der Waals surface area contributed by atoms with E-state index in [2.05, 4.69) is 24.3 Å². The molecule has 0 aromatic carbocycles. The molecule has 22 heavy (non-hydrogen) atoms. The lowest BCUT2D eigenvalue weighted by Crippen LogP contribution is -2.55. The van der Waals surface area contributed by atoms with Crippen LogP contribution >= 0.6 is 0 Å². The van der Waals surface area contributed by atoms with Crippen LogP contribution in [0.4, 0.5) is 0 Å². The Morgan fingerprint density at radius 3 is 2.64 bits per heavy atom. The first-order valence-electron chi connectivity index (χ1n) is 8.52. The molecule has 0 radical (unpaired) electrons. The molecular weight excluding hydrogens is 294 g/mol. The molecule has 1 aliphatic rings. The number of hydrogen-bond donors (Lipinski definition) is 1. The Morgan fingerprint density at radius 2 is 2.09 bits per heavy atom. The van der Waals surface area contributed by atoms with E-state index in [0.29, 0.717) is 0 Å². The Hall–Kier alpha value is -0.610. The van der Waals surface area contributed by atoms with Gasteiger partial charge >= 0.3 is 0 Å². The highest BCUT2D eigenvalue weighted by molar-refractivity contribution is 7.90. The van der Waals surface area contributed by atoms with Crippen LogP contribution < -0.4 is 4.72 Å². The van der Waals surface area contributed by atoms with Crippen LogP contribution in [0.1, 0.15) is 79.1 Å². The summed E-state index contributed by atoms with van der Waals surface area (Å²) in [4.78, 5) is 0. The molecule has 0 aromatic heterocycles. The minimum atomic E-state index is -3.37. The van der Waals surface area contributed by atoms with Gasteiger partial charge in [0, 0.05) is 0 Å². The maximum atomic E-state index is 12.7. The maximum absolute atomic E-state index is 12.7. The minimum Gasteiger partial charge on any atom is -0.212 e. The molecule has 4 heteroatoms. The van der Waals surface area contributed by atoms with Crippen LogP contribution in [0, 0.1) is 0 Å². The number of nitrogens with one attached hydrogen (secondary N) is 1. The van der Waals surface area contributed by atoms with Crippen LogP contribution in [0.3, 0.4) is 0 Å². The van der Waals surface area contributed by atoms with Crippen LogP contribution in [-0.2, 0) is 10.0 Å². The van der Waals surface area contributed by atoms with Crippen molar-refractivity contribution in [2.75, 3.05) is 0 Å². The molecule has 0 amide bonds. The summed E-state index contributed by atoms with van der Waals surface area (Å²) in [5, 5.41) is 0. The van der Waals surface area contributed by atoms with E-state index >= 15 is 0 Å². The van der Waals surface area contributed by atoms with E-state index in [0.717, 1.165) is 51.4 Å². The van der Waals surface area contributed by atoms with Gasteiger partial charge in [-0.3, -0.25) is 0 Å². The predicted molar refractivity (Wildman–Crippen MR) is 95.4 cm³/mol. The molecule has 1 atom stereocenters. The standard InChI is InChI=1S/C18H33NO2S/c1-6-8-12-16-13-10-11-15-18(16,14-9-7-2)19-22(20,21)17(3,4)5/h7,13,19H,2,6,8-12,14-15H2,1,3-5H3/t18-/m0/s1. The van der Waals surface area contributed by atoms with E-state index in [1.54, 1.807) is 20.8 Å². The number of allylic oxidation sites excluding steroid dienone is 2. The molecule has 0 bridgehead atoms. The third-order valence-electron chi connectivity index (χ3n) is 4.52. The third kappa shape index (κ3) is 4.69. The van der Waals surface area contributed by atoms with Gasteiger partial charge in [-0.1, -0.05) is 31.1 Å². The lowest BCUT2D eigenvalue weighted by atomic mass is 9.76. The van der Waals surface area contributed by atoms with Crippen molar-refractivity contribution in [2.24, 2.45) is 0 Å². The van der Waals surface area contributed by atoms with Crippen LogP contribution in [0.25, 0.3) is 0 Å². The Morgan fingerprint density at radius 1 is 1.41 bits per heavy atom. The van der Waals surface area contributed by atoms with Crippen LogP contribution in [0.5, 0.6) is 0 Å². The lowest BCUT2D eigenvalue weighted by molar-refractivity contribution is 0.346. The Bertz CT molecular complexity index is 500. The van der Waals surface area contributed by atoms with Gasteiger partial charge in [0.05, 0.1) is 10.3 Å². The highest BCUT2D eigenvalue weighted by atomic mass is 32.2. The Balaban J connectivity index is 3.15. The van der Waals surface area contributed by atoms with Gasteiger partial charge in [-0.15, -0.1) is 6.58 Å². The third-order valence-corrected chi connectivity index (χ3v) is 6.80. The molecule has 1 aliphatic carbocycles. The molecule has 1 rings (SSSR count).